The quantitative estimate of drug-likeness (QED) is 0.258. The van der Waals surface area contributed by atoms with E-state index in [1.807, 2.05) is 69.5 Å². The Morgan fingerprint density at radius 1 is 1.17 bits per heavy atom. The molecule has 0 saturated heterocycles. The number of nitrogens with zero attached hydrogens (tertiary/aromatic N) is 2. The predicted octanol–water partition coefficient (Wildman–Crippen LogP) is 6.85. The van der Waals surface area contributed by atoms with Gasteiger partial charge < -0.3 is 15.0 Å². The molecular weight excluding hydrogens is 472 g/mol. The summed E-state index contributed by atoms with van der Waals surface area (Å²) in [6.07, 6.45) is 13.0. The highest BCUT2D eigenvalue weighted by molar-refractivity contribution is 6.31. The minimum absolute atomic E-state index is 0.120. The van der Waals surface area contributed by atoms with Crippen LogP contribution in [0.5, 0.6) is 0 Å². The molecule has 7 heteroatoms. The zero-order valence-electron chi connectivity index (χ0n) is 20.8. The summed E-state index contributed by atoms with van der Waals surface area (Å²) >= 11 is 6.35. The van der Waals surface area contributed by atoms with Crippen LogP contribution in [0.1, 0.15) is 49.4 Å². The molecule has 1 aromatic carbocycles. The van der Waals surface area contributed by atoms with Gasteiger partial charge in [-0.3, -0.25) is 4.98 Å². The zero-order valence-corrected chi connectivity index (χ0v) is 21.5. The fraction of sp³-hybridized carbons (Fsp3) is 0.276. The minimum atomic E-state index is -0.564. The smallest absolute Gasteiger partial charge is 0.407 e. The zero-order chi connectivity index (χ0) is 25.5. The number of halogens is 1. The molecule has 6 nitrogen and oxygen atoms in total. The van der Waals surface area contributed by atoms with Crippen LogP contribution in [0.25, 0.3) is 23.1 Å². The highest BCUT2D eigenvalue weighted by Crippen LogP contribution is 2.22. The minimum Gasteiger partial charge on any atom is -0.444 e. The van der Waals surface area contributed by atoms with Crippen LogP contribution < -0.4 is 5.32 Å². The van der Waals surface area contributed by atoms with Crippen molar-refractivity contribution in [1.82, 2.24) is 20.3 Å². The Bertz CT molecular complexity index is 1340. The number of aromatic nitrogens is 3. The van der Waals surface area contributed by atoms with Crippen molar-refractivity contribution in [3.05, 3.63) is 94.7 Å². The number of amides is 1. The molecule has 2 N–H and O–H groups in total. The van der Waals surface area contributed by atoms with Crippen molar-refractivity contribution in [3.8, 4) is 0 Å². The van der Waals surface area contributed by atoms with Gasteiger partial charge in [-0.05, 0) is 81.0 Å². The normalized spacial score (nSPS) is 12.7. The van der Waals surface area contributed by atoms with Crippen molar-refractivity contribution in [2.75, 3.05) is 0 Å². The molecule has 0 aliphatic carbocycles. The lowest BCUT2D eigenvalue weighted by molar-refractivity contribution is 0.0502. The second-order valence-electron chi connectivity index (χ2n) is 9.78. The second-order valence-corrected chi connectivity index (χ2v) is 10.1. The molecule has 0 bridgehead atoms. The number of H-pyrrole nitrogens is 1. The third-order valence-electron chi connectivity index (χ3n) is 5.73. The number of aromatic amines is 1. The Labute approximate surface area is 216 Å². The second kappa shape index (κ2) is 11.4. The first-order valence-electron chi connectivity index (χ1n) is 12.0. The molecule has 186 valence electrons. The number of hydrogen-bond donors (Lipinski definition) is 2. The lowest BCUT2D eigenvalue weighted by atomic mass is 9.98. The fourth-order valence-corrected chi connectivity index (χ4v) is 4.20. The highest BCUT2D eigenvalue weighted by atomic mass is 35.5. The molecule has 4 aromatic rings. The van der Waals surface area contributed by atoms with Crippen molar-refractivity contribution in [2.45, 2.75) is 51.7 Å². The summed E-state index contributed by atoms with van der Waals surface area (Å²) in [5, 5.41) is 4.69. The van der Waals surface area contributed by atoms with E-state index in [1.54, 1.807) is 18.6 Å². The molecule has 0 saturated carbocycles. The first kappa shape index (κ1) is 25.5. The highest BCUT2D eigenvalue weighted by Gasteiger charge is 2.21. The van der Waals surface area contributed by atoms with Gasteiger partial charge in [-0.1, -0.05) is 42.0 Å². The van der Waals surface area contributed by atoms with Crippen molar-refractivity contribution in [3.63, 3.8) is 0 Å². The maximum absolute atomic E-state index is 12.6. The number of para-hydroxylation sites is 1. The van der Waals surface area contributed by atoms with Crippen molar-refractivity contribution < 1.29 is 9.53 Å². The molecule has 3 heterocycles. The number of aryl methyl sites for hydroxylation is 1. The van der Waals surface area contributed by atoms with Crippen molar-refractivity contribution in [2.24, 2.45) is 0 Å². The number of rotatable bonds is 8. The van der Waals surface area contributed by atoms with Gasteiger partial charge in [0.15, 0.2) is 0 Å². The summed E-state index contributed by atoms with van der Waals surface area (Å²) in [5.41, 5.74) is 4.60. The lowest BCUT2D eigenvalue weighted by Crippen LogP contribution is -2.40. The number of alkyl carbamates (subject to hydrolysis) is 1. The van der Waals surface area contributed by atoms with Gasteiger partial charge in [0.1, 0.15) is 10.8 Å². The monoisotopic (exact) mass is 502 g/mol. The third kappa shape index (κ3) is 7.18. The van der Waals surface area contributed by atoms with E-state index >= 15 is 0 Å². The molecule has 0 spiro atoms. The van der Waals surface area contributed by atoms with Crippen LogP contribution in [0.15, 0.2) is 67.3 Å². The molecule has 1 atom stereocenters. The topological polar surface area (TPSA) is 79.9 Å². The molecule has 0 fully saturated rings. The maximum atomic E-state index is 12.6. The van der Waals surface area contributed by atoms with Gasteiger partial charge in [-0.2, -0.15) is 0 Å². The van der Waals surface area contributed by atoms with Gasteiger partial charge in [0.25, 0.3) is 0 Å². The van der Waals surface area contributed by atoms with Gasteiger partial charge in [0.2, 0.25) is 0 Å². The molecule has 4 rings (SSSR count). The number of ether oxygens (including phenoxy) is 1. The Hall–Kier alpha value is -3.64. The van der Waals surface area contributed by atoms with E-state index in [-0.39, 0.29) is 6.04 Å². The number of carbonyl (C=O) groups excluding carboxylic acids is 1. The van der Waals surface area contributed by atoms with Gasteiger partial charge in [0.05, 0.1) is 0 Å². The summed E-state index contributed by atoms with van der Waals surface area (Å²) in [5.74, 6) is 0. The van der Waals surface area contributed by atoms with Crippen LogP contribution in [0.4, 0.5) is 4.79 Å². The molecule has 0 unspecified atom stereocenters. The first-order valence-corrected chi connectivity index (χ1v) is 12.4. The van der Waals surface area contributed by atoms with Crippen molar-refractivity contribution >= 4 is 40.7 Å². The number of nitrogens with one attached hydrogen (secondary N) is 2. The Balaban J connectivity index is 1.49. The summed E-state index contributed by atoms with van der Waals surface area (Å²) in [4.78, 5) is 24.3. The standard InChI is InChI=1S/C29H31ClN4O2/c1-29(2,3)36-28(35)34-24(17-23-19-32-26-7-5-4-6-25(23)26)11-9-21-16-22(27(30)33-18-21)10-8-20-12-14-31-15-13-20/h4-8,10,12-16,18-19,24,32H,9,11,17H2,1-3H3,(H,34,35)/b10-8+/t24-/m1/s1. The third-order valence-corrected chi connectivity index (χ3v) is 6.04. The average Bonchev–Trinajstić information content (AvgIpc) is 3.25. The summed E-state index contributed by atoms with van der Waals surface area (Å²) in [6, 6.07) is 14.0. The van der Waals surface area contributed by atoms with E-state index in [0.717, 1.165) is 46.0 Å². The van der Waals surface area contributed by atoms with Gasteiger partial charge in [0, 0.05) is 47.3 Å². The van der Waals surface area contributed by atoms with Crippen LogP contribution in [0.3, 0.4) is 0 Å². The fourth-order valence-electron chi connectivity index (χ4n) is 4.03. The summed E-state index contributed by atoms with van der Waals surface area (Å²) in [7, 11) is 0. The molecule has 0 radical (unpaired) electrons. The molecule has 1 amide bonds. The van der Waals surface area contributed by atoms with Gasteiger partial charge >= 0.3 is 6.09 Å². The number of hydrogen-bond acceptors (Lipinski definition) is 4. The van der Waals surface area contributed by atoms with Crippen molar-refractivity contribution in [1.29, 1.82) is 0 Å². The van der Waals surface area contributed by atoms with E-state index in [0.29, 0.717) is 11.6 Å². The number of benzene rings is 1. The summed E-state index contributed by atoms with van der Waals surface area (Å²) in [6.45, 7) is 5.59. The van der Waals surface area contributed by atoms with E-state index in [4.69, 9.17) is 16.3 Å². The molecular formula is C29H31ClN4O2. The van der Waals surface area contributed by atoms with E-state index in [1.165, 1.54) is 0 Å². The lowest BCUT2D eigenvalue weighted by Gasteiger charge is -2.24. The van der Waals surface area contributed by atoms with E-state index < -0.39 is 11.7 Å². The van der Waals surface area contributed by atoms with Crippen LogP contribution in [0.2, 0.25) is 5.15 Å². The van der Waals surface area contributed by atoms with Gasteiger partial charge in [-0.25, -0.2) is 9.78 Å². The molecule has 0 aliphatic rings. The Morgan fingerprint density at radius 2 is 1.94 bits per heavy atom. The Morgan fingerprint density at radius 3 is 2.72 bits per heavy atom. The van der Waals surface area contributed by atoms with E-state index in [2.05, 4.69) is 32.4 Å². The predicted molar refractivity (Wildman–Crippen MR) is 146 cm³/mol. The van der Waals surface area contributed by atoms with E-state index in [9.17, 15) is 4.79 Å². The maximum Gasteiger partial charge on any atom is 0.407 e. The Kier molecular flexibility index (Phi) is 8.06. The number of pyridine rings is 2. The SMILES string of the molecule is CC(C)(C)OC(=O)N[C@H](CCc1cnc(Cl)c(/C=C/c2ccncc2)c1)Cc1c[nH]c2ccccc12. The van der Waals surface area contributed by atoms with Crippen LogP contribution in [0, 0.1) is 0 Å². The van der Waals surface area contributed by atoms with Crippen LogP contribution in [-0.4, -0.2) is 32.7 Å². The molecule has 3 aromatic heterocycles. The largest absolute Gasteiger partial charge is 0.444 e. The first-order chi connectivity index (χ1) is 17.3. The molecule has 0 aliphatic heterocycles. The average molecular weight is 503 g/mol. The van der Waals surface area contributed by atoms with Crippen LogP contribution >= 0.6 is 11.6 Å². The van der Waals surface area contributed by atoms with Gasteiger partial charge in [-0.15, -0.1) is 0 Å². The van der Waals surface area contributed by atoms with Crippen LogP contribution in [-0.2, 0) is 17.6 Å². The molecule has 36 heavy (non-hydrogen) atoms. The number of carbonyl (C=O) groups is 1. The number of fused-ring (bicyclic) bond motifs is 1. The summed E-state index contributed by atoms with van der Waals surface area (Å²) < 4.78 is 5.53.